The molecule has 0 amide bonds. The van der Waals surface area contributed by atoms with Crippen LogP contribution in [0.25, 0.3) is 0 Å². The van der Waals surface area contributed by atoms with Crippen molar-refractivity contribution in [2.45, 2.75) is 6.61 Å². The molecule has 0 atom stereocenters. The van der Waals surface area contributed by atoms with Gasteiger partial charge in [-0.2, -0.15) is 0 Å². The van der Waals surface area contributed by atoms with Crippen molar-refractivity contribution in [3.05, 3.63) is 59.9 Å². The molecule has 0 unspecified atom stereocenters. The monoisotopic (exact) mass is 232 g/mol. The molecule has 3 heteroatoms. The zero-order chi connectivity index (χ0) is 12.1. The van der Waals surface area contributed by atoms with Crippen LogP contribution < -0.4 is 9.47 Å². The molecule has 2 aromatic rings. The van der Waals surface area contributed by atoms with Crippen LogP contribution in [0.3, 0.4) is 0 Å². The molecule has 0 radical (unpaired) electrons. The third kappa shape index (κ3) is 2.97. The third-order valence-electron chi connectivity index (χ3n) is 2.36. The van der Waals surface area contributed by atoms with Crippen LogP contribution in [-0.2, 0) is 6.61 Å². The lowest BCUT2D eigenvalue weighted by molar-refractivity contribution is 0.304. The Hall–Kier alpha value is -2.03. The minimum atomic E-state index is -0.373. The molecule has 0 aliphatic rings. The Morgan fingerprint density at radius 3 is 2.47 bits per heavy atom. The number of rotatable bonds is 4. The maximum absolute atomic E-state index is 13.4. The van der Waals surface area contributed by atoms with E-state index in [2.05, 4.69) is 0 Å². The first-order valence-electron chi connectivity index (χ1n) is 5.30. The SMILES string of the molecule is COc1ccc(COc2ccccc2)cc1F. The summed E-state index contributed by atoms with van der Waals surface area (Å²) in [5.74, 6) is 0.638. The number of methoxy groups -OCH3 is 1. The fourth-order valence-corrected chi connectivity index (χ4v) is 1.48. The Kier molecular flexibility index (Phi) is 3.60. The highest BCUT2D eigenvalue weighted by Gasteiger charge is 2.03. The Morgan fingerprint density at radius 2 is 1.82 bits per heavy atom. The molecule has 88 valence electrons. The maximum Gasteiger partial charge on any atom is 0.165 e. The van der Waals surface area contributed by atoms with Crippen LogP contribution in [0.4, 0.5) is 4.39 Å². The van der Waals surface area contributed by atoms with Gasteiger partial charge in [-0.1, -0.05) is 24.3 Å². The molecule has 0 fully saturated rings. The molecule has 2 aromatic carbocycles. The van der Waals surface area contributed by atoms with E-state index in [1.807, 2.05) is 30.3 Å². The summed E-state index contributed by atoms with van der Waals surface area (Å²) in [5, 5.41) is 0. The number of hydrogen-bond acceptors (Lipinski definition) is 2. The van der Waals surface area contributed by atoms with Crippen molar-refractivity contribution in [1.82, 2.24) is 0 Å². The van der Waals surface area contributed by atoms with E-state index in [1.165, 1.54) is 13.2 Å². The molecule has 2 rings (SSSR count). The summed E-state index contributed by atoms with van der Waals surface area (Å²) in [6, 6.07) is 14.2. The average molecular weight is 232 g/mol. The van der Waals surface area contributed by atoms with E-state index >= 15 is 0 Å². The van der Waals surface area contributed by atoms with Crippen LogP contribution in [0.15, 0.2) is 48.5 Å². The summed E-state index contributed by atoms with van der Waals surface area (Å²) in [5.41, 5.74) is 0.771. The van der Waals surface area contributed by atoms with E-state index < -0.39 is 0 Å². The van der Waals surface area contributed by atoms with Crippen molar-refractivity contribution < 1.29 is 13.9 Å². The van der Waals surface area contributed by atoms with Crippen molar-refractivity contribution in [2.24, 2.45) is 0 Å². The molecule has 0 aliphatic heterocycles. The quantitative estimate of drug-likeness (QED) is 0.804. The van der Waals surface area contributed by atoms with Gasteiger partial charge in [-0.15, -0.1) is 0 Å². The number of halogens is 1. The van der Waals surface area contributed by atoms with Gasteiger partial charge in [-0.05, 0) is 29.8 Å². The Balaban J connectivity index is 2.02. The highest BCUT2D eigenvalue weighted by atomic mass is 19.1. The van der Waals surface area contributed by atoms with Crippen molar-refractivity contribution in [3.8, 4) is 11.5 Å². The van der Waals surface area contributed by atoms with Gasteiger partial charge in [0.2, 0.25) is 0 Å². The van der Waals surface area contributed by atoms with E-state index in [0.29, 0.717) is 6.61 Å². The summed E-state index contributed by atoms with van der Waals surface area (Å²) < 4.78 is 23.8. The molecule has 0 heterocycles. The molecule has 17 heavy (non-hydrogen) atoms. The Morgan fingerprint density at radius 1 is 1.06 bits per heavy atom. The van der Waals surface area contributed by atoms with Gasteiger partial charge in [0, 0.05) is 0 Å². The number of benzene rings is 2. The van der Waals surface area contributed by atoms with Crippen molar-refractivity contribution in [1.29, 1.82) is 0 Å². The van der Waals surface area contributed by atoms with Crippen LogP contribution in [0.1, 0.15) is 5.56 Å². The summed E-state index contributed by atoms with van der Waals surface area (Å²) in [6.45, 7) is 0.338. The predicted molar refractivity (Wildman–Crippen MR) is 63.7 cm³/mol. The van der Waals surface area contributed by atoms with E-state index in [9.17, 15) is 4.39 Å². The van der Waals surface area contributed by atoms with Gasteiger partial charge in [0.25, 0.3) is 0 Å². The van der Waals surface area contributed by atoms with Crippen LogP contribution in [0.2, 0.25) is 0 Å². The van der Waals surface area contributed by atoms with Gasteiger partial charge in [0.15, 0.2) is 11.6 Å². The van der Waals surface area contributed by atoms with Crippen molar-refractivity contribution in [2.75, 3.05) is 7.11 Å². The molecule has 2 nitrogen and oxygen atoms in total. The summed E-state index contributed by atoms with van der Waals surface area (Å²) >= 11 is 0. The van der Waals surface area contributed by atoms with Crippen LogP contribution >= 0.6 is 0 Å². The van der Waals surface area contributed by atoms with Gasteiger partial charge in [-0.25, -0.2) is 4.39 Å². The Bertz CT molecular complexity index is 483. The zero-order valence-electron chi connectivity index (χ0n) is 9.52. The Labute approximate surface area is 99.6 Å². The van der Waals surface area contributed by atoms with Gasteiger partial charge in [0.1, 0.15) is 12.4 Å². The highest BCUT2D eigenvalue weighted by molar-refractivity contribution is 5.29. The predicted octanol–water partition coefficient (Wildman–Crippen LogP) is 3.41. The maximum atomic E-state index is 13.4. The highest BCUT2D eigenvalue weighted by Crippen LogP contribution is 2.19. The second-order valence-electron chi connectivity index (χ2n) is 3.57. The third-order valence-corrected chi connectivity index (χ3v) is 2.36. The minimum absolute atomic E-state index is 0.244. The standard InChI is InChI=1S/C14H13FO2/c1-16-14-8-7-11(9-13(14)15)10-17-12-5-3-2-4-6-12/h2-9H,10H2,1H3. The fraction of sp³-hybridized carbons (Fsp3) is 0.143. The van der Waals surface area contributed by atoms with Gasteiger partial charge < -0.3 is 9.47 Å². The molecular weight excluding hydrogens is 219 g/mol. The zero-order valence-corrected chi connectivity index (χ0v) is 9.52. The molecule has 0 bridgehead atoms. The molecule has 0 saturated heterocycles. The van der Waals surface area contributed by atoms with E-state index in [-0.39, 0.29) is 11.6 Å². The van der Waals surface area contributed by atoms with Crippen molar-refractivity contribution in [3.63, 3.8) is 0 Å². The molecule has 0 aromatic heterocycles. The van der Waals surface area contributed by atoms with Gasteiger partial charge in [-0.3, -0.25) is 0 Å². The number of ether oxygens (including phenoxy) is 2. The van der Waals surface area contributed by atoms with Gasteiger partial charge >= 0.3 is 0 Å². The fourth-order valence-electron chi connectivity index (χ4n) is 1.48. The second-order valence-corrected chi connectivity index (χ2v) is 3.57. The molecule has 0 spiro atoms. The van der Waals surface area contributed by atoms with Crippen LogP contribution in [0.5, 0.6) is 11.5 Å². The van der Waals surface area contributed by atoms with Gasteiger partial charge in [0.05, 0.1) is 7.11 Å². The first-order chi connectivity index (χ1) is 8.29. The molecule has 0 aliphatic carbocycles. The molecular formula is C14H13FO2. The lowest BCUT2D eigenvalue weighted by atomic mass is 10.2. The first kappa shape index (κ1) is 11.5. The number of hydrogen-bond donors (Lipinski definition) is 0. The average Bonchev–Trinajstić information content (AvgIpc) is 2.38. The smallest absolute Gasteiger partial charge is 0.165 e. The topological polar surface area (TPSA) is 18.5 Å². The van der Waals surface area contributed by atoms with Crippen LogP contribution in [0, 0.1) is 5.82 Å². The lowest BCUT2D eigenvalue weighted by Gasteiger charge is -2.07. The second kappa shape index (κ2) is 5.34. The van der Waals surface area contributed by atoms with E-state index in [4.69, 9.17) is 9.47 Å². The minimum Gasteiger partial charge on any atom is -0.494 e. The normalized spacial score (nSPS) is 10.0. The van der Waals surface area contributed by atoms with Crippen LogP contribution in [-0.4, -0.2) is 7.11 Å². The molecule has 0 saturated carbocycles. The lowest BCUT2D eigenvalue weighted by Crippen LogP contribution is -1.97. The summed E-state index contributed by atoms with van der Waals surface area (Å²) in [4.78, 5) is 0. The largest absolute Gasteiger partial charge is 0.494 e. The van der Waals surface area contributed by atoms with E-state index in [0.717, 1.165) is 11.3 Å². The van der Waals surface area contributed by atoms with Crippen molar-refractivity contribution >= 4 is 0 Å². The summed E-state index contributed by atoms with van der Waals surface area (Å²) in [7, 11) is 1.44. The summed E-state index contributed by atoms with van der Waals surface area (Å²) in [6.07, 6.45) is 0. The number of para-hydroxylation sites is 1. The molecule has 0 N–H and O–H groups in total. The van der Waals surface area contributed by atoms with E-state index in [1.54, 1.807) is 12.1 Å². The first-order valence-corrected chi connectivity index (χ1v) is 5.30.